The molecule has 7 nitrogen and oxygen atoms in total. The summed E-state index contributed by atoms with van der Waals surface area (Å²) in [4.78, 5) is 25.6. The molecule has 0 radical (unpaired) electrons. The fourth-order valence-electron chi connectivity index (χ4n) is 3.97. The van der Waals surface area contributed by atoms with Crippen molar-refractivity contribution in [3.63, 3.8) is 0 Å². The summed E-state index contributed by atoms with van der Waals surface area (Å²) in [6, 6.07) is 8.77. The van der Waals surface area contributed by atoms with E-state index in [-0.39, 0.29) is 29.2 Å². The zero-order valence-electron chi connectivity index (χ0n) is 16.6. The molecule has 1 saturated heterocycles. The quantitative estimate of drug-likeness (QED) is 0.737. The molecule has 160 valence electrons. The van der Waals surface area contributed by atoms with Crippen LogP contribution in [0.2, 0.25) is 0 Å². The number of hydrogen-bond donors (Lipinski definition) is 2. The number of sulfonamides is 1. The van der Waals surface area contributed by atoms with Crippen molar-refractivity contribution in [2.45, 2.75) is 43.5 Å². The number of aryl methyl sites for hydroxylation is 1. The number of rotatable bonds is 5. The van der Waals surface area contributed by atoms with Crippen molar-refractivity contribution in [3.8, 4) is 0 Å². The Morgan fingerprint density at radius 3 is 2.90 bits per heavy atom. The molecule has 0 spiro atoms. The number of piperidine rings is 1. The molecule has 1 atom stereocenters. The number of benzene rings is 1. The van der Waals surface area contributed by atoms with Gasteiger partial charge in [-0.2, -0.15) is 4.31 Å². The molecule has 2 amide bonds. The first-order valence-corrected chi connectivity index (χ1v) is 12.5. The van der Waals surface area contributed by atoms with Gasteiger partial charge in [0.05, 0.1) is 17.4 Å². The second kappa shape index (κ2) is 8.87. The fraction of sp³-hybridized carbons (Fsp3) is 0.429. The molecule has 3 heterocycles. The first-order valence-electron chi connectivity index (χ1n) is 10.2. The van der Waals surface area contributed by atoms with E-state index in [0.717, 1.165) is 10.4 Å². The third-order valence-corrected chi connectivity index (χ3v) is 8.35. The predicted octanol–water partition coefficient (Wildman–Crippen LogP) is 2.74. The first-order chi connectivity index (χ1) is 14.4. The van der Waals surface area contributed by atoms with Gasteiger partial charge in [0.25, 0.3) is 0 Å². The summed E-state index contributed by atoms with van der Waals surface area (Å²) in [5.41, 5.74) is 1.52. The number of nitrogens with one attached hydrogen (secondary N) is 2. The fourth-order valence-corrected chi connectivity index (χ4v) is 6.19. The van der Waals surface area contributed by atoms with E-state index in [2.05, 4.69) is 10.6 Å². The van der Waals surface area contributed by atoms with Gasteiger partial charge in [-0.15, -0.1) is 11.3 Å². The lowest BCUT2D eigenvalue weighted by Crippen LogP contribution is -2.45. The second-order valence-electron chi connectivity index (χ2n) is 7.72. The zero-order chi connectivity index (χ0) is 21.1. The summed E-state index contributed by atoms with van der Waals surface area (Å²) in [7, 11) is -3.70. The van der Waals surface area contributed by atoms with Gasteiger partial charge in [-0.1, -0.05) is 6.07 Å². The van der Waals surface area contributed by atoms with Crippen molar-refractivity contribution in [1.29, 1.82) is 0 Å². The molecule has 1 unspecified atom stereocenters. The Kier molecular flexibility index (Phi) is 6.21. The second-order valence-corrected chi connectivity index (χ2v) is 10.7. The largest absolute Gasteiger partial charge is 0.351 e. The minimum atomic E-state index is -3.70. The Hall–Kier alpha value is -2.23. The van der Waals surface area contributed by atoms with Gasteiger partial charge in [-0.25, -0.2) is 8.42 Å². The zero-order valence-corrected chi connectivity index (χ0v) is 18.2. The molecule has 1 aromatic carbocycles. The van der Waals surface area contributed by atoms with Gasteiger partial charge in [0.15, 0.2) is 0 Å². The van der Waals surface area contributed by atoms with Crippen molar-refractivity contribution in [1.82, 2.24) is 9.62 Å². The number of nitrogens with zero attached hydrogens (tertiary/aromatic N) is 1. The predicted molar refractivity (Wildman–Crippen MR) is 116 cm³/mol. The summed E-state index contributed by atoms with van der Waals surface area (Å²) in [5.74, 6) is -0.502. The number of carbonyl (C=O) groups is 2. The third kappa shape index (κ3) is 4.58. The molecule has 30 heavy (non-hydrogen) atoms. The molecule has 2 aliphatic heterocycles. The van der Waals surface area contributed by atoms with E-state index in [9.17, 15) is 18.0 Å². The number of fused-ring (bicyclic) bond motifs is 1. The number of anilines is 1. The van der Waals surface area contributed by atoms with E-state index >= 15 is 0 Å². The lowest BCUT2D eigenvalue weighted by Gasteiger charge is -2.31. The number of hydrogen-bond acceptors (Lipinski definition) is 5. The van der Waals surface area contributed by atoms with Gasteiger partial charge in [-0.3, -0.25) is 9.59 Å². The standard InChI is InChI=1S/C21H25N3O4S2/c25-20-7-1-4-15-12-18(8-9-19(15)23-20)30(27,28)24-10-2-5-16(14-24)21(26)22-13-17-6-3-11-29-17/h3,6,8-9,11-12,16H,1-2,4-5,7,10,13-14H2,(H,22,26)(H,23,25). The SMILES string of the molecule is O=C1CCCc2cc(S(=O)(=O)N3CCCC(C(=O)NCc4cccs4)C3)ccc2N1. The van der Waals surface area contributed by atoms with Gasteiger partial charge in [0.2, 0.25) is 21.8 Å². The molecule has 4 rings (SSSR count). The average molecular weight is 448 g/mol. The molecule has 1 fully saturated rings. The van der Waals surface area contributed by atoms with Gasteiger partial charge < -0.3 is 10.6 Å². The number of carbonyl (C=O) groups excluding carboxylic acids is 2. The number of amides is 2. The van der Waals surface area contributed by atoms with Crippen LogP contribution < -0.4 is 10.6 Å². The van der Waals surface area contributed by atoms with Crippen molar-refractivity contribution in [3.05, 3.63) is 46.2 Å². The van der Waals surface area contributed by atoms with Gasteiger partial charge in [-0.05, 0) is 60.9 Å². The molecule has 2 aromatic rings. The molecular formula is C21H25N3O4S2. The molecule has 2 aliphatic rings. The maximum atomic E-state index is 13.2. The lowest BCUT2D eigenvalue weighted by molar-refractivity contribution is -0.126. The van der Waals surface area contributed by atoms with Gasteiger partial charge >= 0.3 is 0 Å². The summed E-state index contributed by atoms with van der Waals surface area (Å²) in [6.45, 7) is 1.06. The monoisotopic (exact) mass is 447 g/mol. The summed E-state index contributed by atoms with van der Waals surface area (Å²) in [5, 5.41) is 7.72. The van der Waals surface area contributed by atoms with Gasteiger partial charge in [0.1, 0.15) is 0 Å². The molecule has 0 bridgehead atoms. The van der Waals surface area contributed by atoms with Crippen LogP contribution in [0, 0.1) is 5.92 Å². The highest BCUT2D eigenvalue weighted by molar-refractivity contribution is 7.89. The van der Waals surface area contributed by atoms with Crippen molar-refractivity contribution >= 4 is 38.9 Å². The van der Waals surface area contributed by atoms with E-state index in [1.807, 2.05) is 17.5 Å². The Morgan fingerprint density at radius 2 is 2.10 bits per heavy atom. The summed E-state index contributed by atoms with van der Waals surface area (Å²) in [6.07, 6.45) is 3.12. The highest BCUT2D eigenvalue weighted by Crippen LogP contribution is 2.29. The maximum absolute atomic E-state index is 13.2. The highest BCUT2D eigenvalue weighted by Gasteiger charge is 2.33. The van der Waals surface area contributed by atoms with Crippen LogP contribution in [0.25, 0.3) is 0 Å². The molecule has 1 aromatic heterocycles. The number of thiophene rings is 1. The Morgan fingerprint density at radius 1 is 1.23 bits per heavy atom. The van der Waals surface area contributed by atoms with Gasteiger partial charge in [0, 0.05) is 30.1 Å². The Balaban J connectivity index is 1.46. The first kappa shape index (κ1) is 21.0. The third-order valence-electron chi connectivity index (χ3n) is 5.61. The van der Waals surface area contributed by atoms with Crippen LogP contribution in [-0.4, -0.2) is 37.6 Å². The summed E-state index contributed by atoms with van der Waals surface area (Å²) < 4.78 is 27.9. The van der Waals surface area contributed by atoms with E-state index in [4.69, 9.17) is 0 Å². The normalized spacial score (nSPS) is 20.1. The van der Waals surface area contributed by atoms with Crippen molar-refractivity contribution in [2.75, 3.05) is 18.4 Å². The van der Waals surface area contributed by atoms with Crippen LogP contribution in [0.1, 0.15) is 36.1 Å². The average Bonchev–Trinajstić information content (AvgIpc) is 3.19. The van der Waals surface area contributed by atoms with E-state index in [1.54, 1.807) is 29.5 Å². The van der Waals surface area contributed by atoms with E-state index in [0.29, 0.717) is 50.9 Å². The molecule has 0 aliphatic carbocycles. The molecule has 0 saturated carbocycles. The van der Waals surface area contributed by atoms with Crippen LogP contribution in [0.3, 0.4) is 0 Å². The molecular weight excluding hydrogens is 422 g/mol. The van der Waals surface area contributed by atoms with Crippen LogP contribution in [0.15, 0.2) is 40.6 Å². The van der Waals surface area contributed by atoms with Crippen LogP contribution in [-0.2, 0) is 32.6 Å². The minimum absolute atomic E-state index is 0.0446. The minimum Gasteiger partial charge on any atom is -0.351 e. The molecule has 9 heteroatoms. The van der Waals surface area contributed by atoms with Crippen LogP contribution in [0.5, 0.6) is 0 Å². The molecule has 2 N–H and O–H groups in total. The van der Waals surface area contributed by atoms with E-state index in [1.165, 1.54) is 4.31 Å². The lowest BCUT2D eigenvalue weighted by atomic mass is 9.99. The highest BCUT2D eigenvalue weighted by atomic mass is 32.2. The van der Waals surface area contributed by atoms with Crippen molar-refractivity contribution < 1.29 is 18.0 Å². The summed E-state index contributed by atoms with van der Waals surface area (Å²) >= 11 is 1.58. The maximum Gasteiger partial charge on any atom is 0.243 e. The Labute approximate surface area is 180 Å². The Bertz CT molecular complexity index is 1030. The van der Waals surface area contributed by atoms with Crippen LogP contribution in [0.4, 0.5) is 5.69 Å². The van der Waals surface area contributed by atoms with Crippen LogP contribution >= 0.6 is 11.3 Å². The van der Waals surface area contributed by atoms with Crippen molar-refractivity contribution in [2.24, 2.45) is 5.92 Å². The topological polar surface area (TPSA) is 95.6 Å². The van der Waals surface area contributed by atoms with E-state index < -0.39 is 10.0 Å². The smallest absolute Gasteiger partial charge is 0.243 e.